The number of anilines is 1. The van der Waals surface area contributed by atoms with Crippen molar-refractivity contribution in [2.24, 2.45) is 0 Å². The second-order valence-electron chi connectivity index (χ2n) is 7.00. The van der Waals surface area contributed by atoms with E-state index in [9.17, 15) is 9.59 Å². The first-order chi connectivity index (χ1) is 14.5. The molecule has 0 heterocycles. The molecule has 0 aliphatic heterocycles. The number of carbonyl (C=O) groups is 2. The normalized spacial score (nSPS) is 10.6. The molecule has 0 spiro atoms. The standard InChI is InChI=1S/C24H24BrN3O2/c1-28(16-19-11-5-6-12-20(19)18-9-3-2-4-10-18)17-24(30)26-15-23(29)27-22-14-8-7-13-21(22)25/h2-14H,15-17H2,1H3,(H,26,30)(H,27,29). The minimum Gasteiger partial charge on any atom is -0.346 e. The Hall–Kier alpha value is -2.96. The number of halogens is 1. The van der Waals surface area contributed by atoms with Crippen LogP contribution >= 0.6 is 15.9 Å². The lowest BCUT2D eigenvalue weighted by Crippen LogP contribution is -2.39. The number of nitrogens with one attached hydrogen (secondary N) is 2. The summed E-state index contributed by atoms with van der Waals surface area (Å²) in [4.78, 5) is 26.3. The van der Waals surface area contributed by atoms with Crippen LogP contribution in [-0.2, 0) is 16.1 Å². The molecule has 0 radical (unpaired) electrons. The third-order valence-corrected chi connectivity index (χ3v) is 5.24. The molecule has 0 bridgehead atoms. The minimum atomic E-state index is -0.271. The minimum absolute atomic E-state index is 0.0748. The van der Waals surface area contributed by atoms with Crippen LogP contribution in [0.4, 0.5) is 5.69 Å². The van der Waals surface area contributed by atoms with Crippen LogP contribution in [0, 0.1) is 0 Å². The average molecular weight is 466 g/mol. The summed E-state index contributed by atoms with van der Waals surface area (Å²) in [5.74, 6) is -0.468. The van der Waals surface area contributed by atoms with Gasteiger partial charge in [-0.15, -0.1) is 0 Å². The molecule has 154 valence electrons. The van der Waals surface area contributed by atoms with Gasteiger partial charge in [-0.25, -0.2) is 0 Å². The maximum Gasteiger partial charge on any atom is 0.243 e. The molecule has 0 aliphatic rings. The number of para-hydroxylation sites is 1. The highest BCUT2D eigenvalue weighted by atomic mass is 79.9. The van der Waals surface area contributed by atoms with E-state index in [0.29, 0.717) is 12.2 Å². The maximum absolute atomic E-state index is 12.3. The van der Waals surface area contributed by atoms with E-state index in [-0.39, 0.29) is 24.9 Å². The smallest absolute Gasteiger partial charge is 0.243 e. The van der Waals surface area contributed by atoms with Crippen LogP contribution in [-0.4, -0.2) is 36.9 Å². The van der Waals surface area contributed by atoms with Crippen molar-refractivity contribution in [3.8, 4) is 11.1 Å². The Balaban J connectivity index is 1.51. The Morgan fingerprint density at radius 3 is 2.30 bits per heavy atom. The summed E-state index contributed by atoms with van der Waals surface area (Å²) in [7, 11) is 1.89. The van der Waals surface area contributed by atoms with Crippen molar-refractivity contribution < 1.29 is 9.59 Å². The van der Waals surface area contributed by atoms with Crippen molar-refractivity contribution >= 4 is 33.4 Å². The maximum atomic E-state index is 12.3. The molecule has 2 N–H and O–H groups in total. The van der Waals surface area contributed by atoms with Gasteiger partial charge in [0, 0.05) is 11.0 Å². The van der Waals surface area contributed by atoms with Crippen LogP contribution in [0.1, 0.15) is 5.56 Å². The lowest BCUT2D eigenvalue weighted by molar-refractivity contribution is -0.124. The third kappa shape index (κ3) is 6.27. The van der Waals surface area contributed by atoms with E-state index < -0.39 is 0 Å². The number of hydrogen-bond acceptors (Lipinski definition) is 3. The fourth-order valence-electron chi connectivity index (χ4n) is 3.14. The number of benzene rings is 3. The molecule has 0 aliphatic carbocycles. The highest BCUT2D eigenvalue weighted by Crippen LogP contribution is 2.24. The van der Waals surface area contributed by atoms with Gasteiger partial charge in [-0.2, -0.15) is 0 Å². The summed E-state index contributed by atoms with van der Waals surface area (Å²) in [6.07, 6.45) is 0. The molecule has 0 saturated heterocycles. The fraction of sp³-hybridized carbons (Fsp3) is 0.167. The Kier molecular flexibility index (Phi) is 7.76. The Morgan fingerprint density at radius 2 is 1.53 bits per heavy atom. The first-order valence-corrected chi connectivity index (χ1v) is 10.4. The molecule has 0 aromatic heterocycles. The lowest BCUT2D eigenvalue weighted by atomic mass is 9.99. The van der Waals surface area contributed by atoms with Gasteiger partial charge >= 0.3 is 0 Å². The summed E-state index contributed by atoms with van der Waals surface area (Å²) in [5, 5.41) is 5.45. The van der Waals surface area contributed by atoms with Gasteiger partial charge < -0.3 is 10.6 Å². The molecule has 0 unspecified atom stereocenters. The van der Waals surface area contributed by atoms with Gasteiger partial charge in [0.05, 0.1) is 18.8 Å². The quantitative estimate of drug-likeness (QED) is 0.521. The van der Waals surface area contributed by atoms with Crippen molar-refractivity contribution in [1.82, 2.24) is 10.2 Å². The predicted molar refractivity (Wildman–Crippen MR) is 124 cm³/mol. The van der Waals surface area contributed by atoms with Crippen molar-refractivity contribution in [2.75, 3.05) is 25.5 Å². The molecule has 2 amide bonds. The largest absolute Gasteiger partial charge is 0.346 e. The first kappa shape index (κ1) is 21.7. The van der Waals surface area contributed by atoms with Gasteiger partial charge in [0.25, 0.3) is 0 Å². The molecule has 6 heteroatoms. The number of nitrogens with zero attached hydrogens (tertiary/aromatic N) is 1. The van der Waals surface area contributed by atoms with Crippen LogP contribution in [0.25, 0.3) is 11.1 Å². The second-order valence-corrected chi connectivity index (χ2v) is 7.85. The zero-order chi connectivity index (χ0) is 21.3. The monoisotopic (exact) mass is 465 g/mol. The van der Waals surface area contributed by atoms with Crippen molar-refractivity contribution in [2.45, 2.75) is 6.54 Å². The Labute approximate surface area is 185 Å². The zero-order valence-corrected chi connectivity index (χ0v) is 18.4. The second kappa shape index (κ2) is 10.7. The Bertz CT molecular complexity index is 1010. The number of rotatable bonds is 8. The molecular weight excluding hydrogens is 442 g/mol. The number of amides is 2. The summed E-state index contributed by atoms with van der Waals surface area (Å²) < 4.78 is 0.793. The third-order valence-electron chi connectivity index (χ3n) is 4.55. The number of carbonyl (C=O) groups excluding carboxylic acids is 2. The van der Waals surface area contributed by atoms with Gasteiger partial charge in [0.15, 0.2) is 0 Å². The summed E-state index contributed by atoms with van der Waals surface area (Å²) in [6.45, 7) is 0.752. The van der Waals surface area contributed by atoms with E-state index >= 15 is 0 Å². The molecule has 3 aromatic carbocycles. The van der Waals surface area contributed by atoms with Gasteiger partial charge in [-0.3, -0.25) is 14.5 Å². The SMILES string of the molecule is CN(CC(=O)NCC(=O)Nc1ccccc1Br)Cc1ccccc1-c1ccccc1. The van der Waals surface area contributed by atoms with Crippen LogP contribution in [0.2, 0.25) is 0 Å². The molecule has 0 fully saturated rings. The van der Waals surface area contributed by atoms with Crippen LogP contribution < -0.4 is 10.6 Å². The molecule has 0 atom stereocenters. The lowest BCUT2D eigenvalue weighted by Gasteiger charge is -2.18. The molecule has 0 saturated carbocycles. The van der Waals surface area contributed by atoms with E-state index in [1.165, 1.54) is 0 Å². The Morgan fingerprint density at radius 1 is 0.867 bits per heavy atom. The summed E-state index contributed by atoms with van der Waals surface area (Å²) >= 11 is 3.38. The molecule has 3 aromatic rings. The van der Waals surface area contributed by atoms with E-state index in [2.05, 4.69) is 50.8 Å². The van der Waals surface area contributed by atoms with Crippen molar-refractivity contribution in [3.63, 3.8) is 0 Å². The van der Waals surface area contributed by atoms with Crippen LogP contribution in [0.3, 0.4) is 0 Å². The first-order valence-electron chi connectivity index (χ1n) is 9.66. The van der Waals surface area contributed by atoms with Gasteiger partial charge in [-0.1, -0.05) is 66.7 Å². The summed E-state index contributed by atoms with van der Waals surface area (Å²) in [5.41, 5.74) is 4.12. The number of hydrogen-bond donors (Lipinski definition) is 2. The van der Waals surface area contributed by atoms with Crippen molar-refractivity contribution in [3.05, 3.63) is 88.9 Å². The van der Waals surface area contributed by atoms with E-state index in [1.54, 1.807) is 6.07 Å². The van der Waals surface area contributed by atoms with E-state index in [0.717, 1.165) is 21.2 Å². The van der Waals surface area contributed by atoms with E-state index in [4.69, 9.17) is 0 Å². The number of likely N-dealkylation sites (N-methyl/N-ethyl adjacent to an activating group) is 1. The van der Waals surface area contributed by atoms with E-state index in [1.807, 2.05) is 60.5 Å². The molecular formula is C24H24BrN3O2. The molecule has 5 nitrogen and oxygen atoms in total. The fourth-order valence-corrected chi connectivity index (χ4v) is 3.53. The highest BCUT2D eigenvalue weighted by molar-refractivity contribution is 9.10. The van der Waals surface area contributed by atoms with Crippen LogP contribution in [0.5, 0.6) is 0 Å². The van der Waals surface area contributed by atoms with Crippen molar-refractivity contribution in [1.29, 1.82) is 0 Å². The molecule has 30 heavy (non-hydrogen) atoms. The average Bonchev–Trinajstić information content (AvgIpc) is 2.75. The highest BCUT2D eigenvalue weighted by Gasteiger charge is 2.12. The zero-order valence-electron chi connectivity index (χ0n) is 16.8. The van der Waals surface area contributed by atoms with Gasteiger partial charge in [0.2, 0.25) is 11.8 Å². The summed E-state index contributed by atoms with van der Waals surface area (Å²) in [6, 6.07) is 25.7. The predicted octanol–water partition coefficient (Wildman–Crippen LogP) is 4.30. The molecule has 3 rings (SSSR count). The topological polar surface area (TPSA) is 61.4 Å². The van der Waals surface area contributed by atoms with Gasteiger partial charge in [-0.05, 0) is 51.8 Å². The van der Waals surface area contributed by atoms with Crippen LogP contribution in [0.15, 0.2) is 83.3 Å². The van der Waals surface area contributed by atoms with Gasteiger partial charge in [0.1, 0.15) is 0 Å².